The minimum Gasteiger partial charge on any atom is -0.354 e. The van der Waals surface area contributed by atoms with Crippen molar-refractivity contribution in [1.29, 1.82) is 0 Å². The van der Waals surface area contributed by atoms with Gasteiger partial charge in [0.05, 0.1) is 6.54 Å². The number of piperazine rings is 1. The molecule has 3 aromatic heterocycles. The lowest BCUT2D eigenvalue weighted by Gasteiger charge is -2.35. The normalized spacial score (nSPS) is 15.3. The molecule has 27 heavy (non-hydrogen) atoms. The average molecular weight is 363 g/mol. The quantitative estimate of drug-likeness (QED) is 0.692. The van der Waals surface area contributed by atoms with Gasteiger partial charge in [0.15, 0.2) is 5.82 Å². The molecule has 0 atom stereocenters. The highest BCUT2D eigenvalue weighted by Gasteiger charge is 2.20. The topological polar surface area (TPSA) is 63.0 Å². The Morgan fingerprint density at radius 1 is 1.00 bits per heavy atom. The van der Waals surface area contributed by atoms with Gasteiger partial charge in [0.25, 0.3) is 0 Å². The second-order valence-corrected chi connectivity index (χ2v) is 6.83. The maximum absolute atomic E-state index is 4.81. The zero-order chi connectivity index (χ0) is 18.6. The Balaban J connectivity index is 1.48. The van der Waals surface area contributed by atoms with Crippen LogP contribution in [0.1, 0.15) is 18.4 Å². The van der Waals surface area contributed by atoms with Gasteiger partial charge in [-0.2, -0.15) is 0 Å². The molecule has 7 nitrogen and oxygen atoms in total. The Hall–Kier alpha value is -2.80. The summed E-state index contributed by atoms with van der Waals surface area (Å²) in [6, 6.07) is 7.96. The summed E-state index contributed by atoms with van der Waals surface area (Å²) in [7, 11) is 2.05. The number of hydrogen-bond acceptors (Lipinski definition) is 6. The van der Waals surface area contributed by atoms with Crippen molar-refractivity contribution in [1.82, 2.24) is 29.4 Å². The summed E-state index contributed by atoms with van der Waals surface area (Å²) in [5, 5.41) is 0. The molecule has 0 amide bonds. The van der Waals surface area contributed by atoms with Gasteiger partial charge in [0.2, 0.25) is 0 Å². The van der Waals surface area contributed by atoms with Crippen LogP contribution in [0.2, 0.25) is 0 Å². The molecule has 140 valence electrons. The minimum absolute atomic E-state index is 0.709. The molecule has 0 aromatic carbocycles. The number of imidazole rings is 1. The summed E-state index contributed by atoms with van der Waals surface area (Å²) in [4.78, 5) is 23.1. The lowest BCUT2D eigenvalue weighted by molar-refractivity contribution is 0.241. The third-order valence-electron chi connectivity index (χ3n) is 5.00. The molecule has 7 heteroatoms. The first-order valence-corrected chi connectivity index (χ1v) is 9.46. The SMILES string of the molecule is CCc1cc(N2CCN(Cc3nccn3C)CC2)nc(-c2ccccn2)n1. The van der Waals surface area contributed by atoms with E-state index in [0.717, 1.165) is 62.2 Å². The van der Waals surface area contributed by atoms with E-state index in [1.165, 1.54) is 0 Å². The van der Waals surface area contributed by atoms with Crippen molar-refractivity contribution < 1.29 is 0 Å². The molecule has 4 rings (SSSR count). The van der Waals surface area contributed by atoms with E-state index in [0.29, 0.717) is 5.82 Å². The smallest absolute Gasteiger partial charge is 0.180 e. The van der Waals surface area contributed by atoms with Crippen LogP contribution < -0.4 is 4.90 Å². The van der Waals surface area contributed by atoms with Crippen LogP contribution in [0, 0.1) is 0 Å². The van der Waals surface area contributed by atoms with Gasteiger partial charge in [0, 0.05) is 63.6 Å². The summed E-state index contributed by atoms with van der Waals surface area (Å²) in [6.07, 6.45) is 6.53. The summed E-state index contributed by atoms with van der Waals surface area (Å²) >= 11 is 0. The third-order valence-corrected chi connectivity index (χ3v) is 5.00. The van der Waals surface area contributed by atoms with Crippen molar-refractivity contribution in [3.05, 3.63) is 54.4 Å². The standard InChI is InChI=1S/C20H25N7/c1-3-16-14-18(24-20(23-16)17-6-4-5-7-21-17)27-12-10-26(11-13-27)15-19-22-8-9-25(19)2/h4-9,14H,3,10-13,15H2,1-2H3. The molecular formula is C20H25N7. The van der Waals surface area contributed by atoms with Crippen molar-refractivity contribution in [3.63, 3.8) is 0 Å². The van der Waals surface area contributed by atoms with Crippen LogP contribution in [0.15, 0.2) is 42.9 Å². The highest BCUT2D eigenvalue weighted by molar-refractivity contribution is 5.54. The number of rotatable bonds is 5. The number of hydrogen-bond donors (Lipinski definition) is 0. The molecule has 4 heterocycles. The fraction of sp³-hybridized carbons (Fsp3) is 0.400. The number of anilines is 1. The Morgan fingerprint density at radius 3 is 2.52 bits per heavy atom. The molecule has 0 radical (unpaired) electrons. The number of aromatic nitrogens is 5. The number of pyridine rings is 1. The van der Waals surface area contributed by atoms with E-state index in [1.54, 1.807) is 6.20 Å². The molecule has 0 spiro atoms. The molecule has 1 aliphatic heterocycles. The van der Waals surface area contributed by atoms with E-state index in [4.69, 9.17) is 4.98 Å². The first-order valence-electron chi connectivity index (χ1n) is 9.46. The first-order chi connectivity index (χ1) is 13.2. The monoisotopic (exact) mass is 363 g/mol. The maximum Gasteiger partial charge on any atom is 0.180 e. The van der Waals surface area contributed by atoms with Crippen molar-refractivity contribution in [3.8, 4) is 11.5 Å². The van der Waals surface area contributed by atoms with E-state index in [9.17, 15) is 0 Å². The Bertz CT molecular complexity index is 882. The molecular weight excluding hydrogens is 338 g/mol. The van der Waals surface area contributed by atoms with Crippen molar-refractivity contribution in [2.45, 2.75) is 19.9 Å². The van der Waals surface area contributed by atoms with Gasteiger partial charge in [-0.1, -0.05) is 13.0 Å². The van der Waals surface area contributed by atoms with Crippen LogP contribution in [0.4, 0.5) is 5.82 Å². The largest absolute Gasteiger partial charge is 0.354 e. The van der Waals surface area contributed by atoms with Crippen LogP contribution in [-0.2, 0) is 20.0 Å². The predicted molar refractivity (Wildman–Crippen MR) is 105 cm³/mol. The molecule has 1 fully saturated rings. The molecule has 0 saturated carbocycles. The molecule has 1 saturated heterocycles. The molecule has 0 N–H and O–H groups in total. The second kappa shape index (κ2) is 7.84. The summed E-state index contributed by atoms with van der Waals surface area (Å²) in [6.45, 7) is 6.91. The van der Waals surface area contributed by atoms with Crippen LogP contribution in [-0.4, -0.2) is 55.6 Å². The molecule has 0 bridgehead atoms. The lowest BCUT2D eigenvalue weighted by Crippen LogP contribution is -2.46. The van der Waals surface area contributed by atoms with E-state index in [-0.39, 0.29) is 0 Å². The minimum atomic E-state index is 0.709. The highest BCUT2D eigenvalue weighted by atomic mass is 15.3. The highest BCUT2D eigenvalue weighted by Crippen LogP contribution is 2.20. The Morgan fingerprint density at radius 2 is 1.85 bits per heavy atom. The molecule has 0 aliphatic carbocycles. The first kappa shape index (κ1) is 17.6. The lowest BCUT2D eigenvalue weighted by atomic mass is 10.2. The van der Waals surface area contributed by atoms with Crippen LogP contribution in [0.25, 0.3) is 11.5 Å². The zero-order valence-corrected chi connectivity index (χ0v) is 15.9. The molecule has 0 unspecified atom stereocenters. The number of aryl methyl sites for hydroxylation is 2. The summed E-state index contributed by atoms with van der Waals surface area (Å²) in [5.74, 6) is 2.82. The zero-order valence-electron chi connectivity index (χ0n) is 15.9. The van der Waals surface area contributed by atoms with E-state index in [2.05, 4.69) is 42.3 Å². The van der Waals surface area contributed by atoms with Gasteiger partial charge < -0.3 is 9.47 Å². The van der Waals surface area contributed by atoms with E-state index < -0.39 is 0 Å². The molecule has 3 aromatic rings. The second-order valence-electron chi connectivity index (χ2n) is 6.83. The third kappa shape index (κ3) is 3.98. The Kier molecular flexibility index (Phi) is 5.11. The van der Waals surface area contributed by atoms with Crippen molar-refractivity contribution >= 4 is 5.82 Å². The van der Waals surface area contributed by atoms with E-state index in [1.807, 2.05) is 37.6 Å². The predicted octanol–water partition coefficient (Wildman–Crippen LogP) is 2.16. The molecule has 1 aliphatic rings. The maximum atomic E-state index is 4.81. The van der Waals surface area contributed by atoms with Crippen molar-refractivity contribution in [2.75, 3.05) is 31.1 Å². The fourth-order valence-electron chi connectivity index (χ4n) is 3.32. The number of nitrogens with zero attached hydrogens (tertiary/aromatic N) is 7. The van der Waals surface area contributed by atoms with Gasteiger partial charge >= 0.3 is 0 Å². The van der Waals surface area contributed by atoms with Crippen LogP contribution in [0.3, 0.4) is 0 Å². The van der Waals surface area contributed by atoms with Gasteiger partial charge in [-0.25, -0.2) is 15.0 Å². The Labute approximate surface area is 159 Å². The average Bonchev–Trinajstić information content (AvgIpc) is 3.13. The van der Waals surface area contributed by atoms with Crippen LogP contribution >= 0.6 is 0 Å². The summed E-state index contributed by atoms with van der Waals surface area (Å²) in [5.41, 5.74) is 1.87. The van der Waals surface area contributed by atoms with Gasteiger partial charge in [-0.15, -0.1) is 0 Å². The van der Waals surface area contributed by atoms with Crippen molar-refractivity contribution in [2.24, 2.45) is 7.05 Å². The van der Waals surface area contributed by atoms with Gasteiger partial charge in [-0.05, 0) is 18.6 Å². The van der Waals surface area contributed by atoms with Gasteiger partial charge in [-0.3, -0.25) is 9.88 Å². The van der Waals surface area contributed by atoms with Gasteiger partial charge in [0.1, 0.15) is 17.3 Å². The van der Waals surface area contributed by atoms with Crippen LogP contribution in [0.5, 0.6) is 0 Å². The summed E-state index contributed by atoms with van der Waals surface area (Å²) < 4.78 is 2.09. The van der Waals surface area contributed by atoms with E-state index >= 15 is 0 Å². The fourth-order valence-corrected chi connectivity index (χ4v) is 3.32.